The minimum atomic E-state index is -1.22. The van der Waals surface area contributed by atoms with Crippen LogP contribution in [0.15, 0.2) is 65.9 Å². The zero-order valence-corrected chi connectivity index (χ0v) is 16.3. The van der Waals surface area contributed by atoms with Crippen LogP contribution >= 0.6 is 0 Å². The second-order valence-electron chi connectivity index (χ2n) is 6.37. The first kappa shape index (κ1) is 17.2. The lowest BCUT2D eigenvalue weighted by molar-refractivity contribution is 0.582. The van der Waals surface area contributed by atoms with Crippen molar-refractivity contribution < 1.29 is 5.85 Å². The molecule has 25 heavy (non-hydrogen) atoms. The van der Waals surface area contributed by atoms with Crippen LogP contribution in [0.4, 0.5) is 5.69 Å². The molecule has 1 heterocycles. The van der Waals surface area contributed by atoms with Crippen molar-refractivity contribution in [2.24, 2.45) is 12.0 Å². The topological polar surface area (TPSA) is 39.4 Å². The molecule has 1 aromatic heterocycles. The number of hydrogen-bond acceptors (Lipinski definition) is 3. The van der Waals surface area contributed by atoms with Crippen molar-refractivity contribution in [1.29, 1.82) is 0 Å². The van der Waals surface area contributed by atoms with Crippen LogP contribution in [0.25, 0.3) is 0 Å². The summed E-state index contributed by atoms with van der Waals surface area (Å²) in [6.07, 6.45) is 3.83. The Labute approximate surface area is 152 Å². The van der Waals surface area contributed by atoms with E-state index in [2.05, 4.69) is 49.4 Å². The summed E-state index contributed by atoms with van der Waals surface area (Å²) < 4.78 is 7.88. The lowest BCUT2D eigenvalue weighted by Crippen LogP contribution is -2.11. The van der Waals surface area contributed by atoms with Gasteiger partial charge in [-0.25, -0.2) is 4.99 Å². The Morgan fingerprint density at radius 2 is 1.88 bits per heavy atom. The smallest absolute Gasteiger partial charge is 0.546 e. The lowest BCUT2D eigenvalue weighted by Gasteiger charge is -2.14. The third-order valence-electron chi connectivity index (χ3n) is 3.73. The van der Waals surface area contributed by atoms with E-state index in [0.29, 0.717) is 0 Å². The van der Waals surface area contributed by atoms with Crippen LogP contribution in [0.2, 0.25) is 13.1 Å². The number of aryl methyl sites for hydroxylation is 2. The first-order valence-electron chi connectivity index (χ1n) is 8.43. The first-order valence-corrected chi connectivity index (χ1v) is 11.2. The van der Waals surface area contributed by atoms with Crippen LogP contribution < -0.4 is 4.43 Å². The summed E-state index contributed by atoms with van der Waals surface area (Å²) in [7, 11) is 0.699. The van der Waals surface area contributed by atoms with Crippen molar-refractivity contribution in [3.8, 4) is 5.75 Å². The summed E-state index contributed by atoms with van der Waals surface area (Å²) in [6, 6.07) is 16.4. The van der Waals surface area contributed by atoms with Gasteiger partial charge in [-0.2, -0.15) is 5.10 Å². The maximum Gasteiger partial charge on any atom is 1.00 e. The van der Waals surface area contributed by atoms with E-state index in [1.54, 1.807) is 4.68 Å². The second-order valence-corrected chi connectivity index (χ2v) is 8.70. The number of aliphatic imine (C=N–C) groups is 1. The lowest BCUT2D eigenvalue weighted by atomic mass is 10.1. The summed E-state index contributed by atoms with van der Waals surface area (Å²) >= 11 is 0. The summed E-state index contributed by atoms with van der Waals surface area (Å²) in [5, 5.41) is 4.30. The van der Waals surface area contributed by atoms with Crippen LogP contribution in [0.3, 0.4) is 0 Å². The van der Waals surface area contributed by atoms with Gasteiger partial charge in [0.25, 0.3) is 0 Å². The predicted molar refractivity (Wildman–Crippen MR) is 107 cm³/mol. The monoisotopic (exact) mass is 350 g/mol. The van der Waals surface area contributed by atoms with Gasteiger partial charge in [0.05, 0.1) is 11.9 Å². The van der Waals surface area contributed by atoms with Gasteiger partial charge in [-0.3, -0.25) is 4.68 Å². The average molecular weight is 351 g/mol. The zero-order chi connectivity index (χ0) is 17.8. The zero-order valence-electron chi connectivity index (χ0n) is 16.1. The molecule has 0 atom stereocenters. The SMILES string of the molecule is Cc1ccc(O[SiH](C)C)c(N=C(c2ccccc2)c2cnn(C)c2)c1.[H+]. The average Bonchev–Trinajstić information content (AvgIpc) is 3.01. The van der Waals surface area contributed by atoms with E-state index < -0.39 is 9.04 Å². The van der Waals surface area contributed by atoms with E-state index in [4.69, 9.17) is 9.42 Å². The van der Waals surface area contributed by atoms with E-state index in [1.807, 2.05) is 43.7 Å². The molecule has 0 bridgehead atoms. The van der Waals surface area contributed by atoms with Crippen LogP contribution in [-0.2, 0) is 7.05 Å². The highest BCUT2D eigenvalue weighted by Crippen LogP contribution is 2.30. The fourth-order valence-electron chi connectivity index (χ4n) is 2.62. The molecule has 4 nitrogen and oxygen atoms in total. The molecule has 2 aromatic carbocycles. The van der Waals surface area contributed by atoms with Gasteiger partial charge < -0.3 is 4.43 Å². The maximum atomic E-state index is 6.09. The summed E-state index contributed by atoms with van der Waals surface area (Å²) in [4.78, 5) is 4.99. The first-order chi connectivity index (χ1) is 12.0. The van der Waals surface area contributed by atoms with Crippen molar-refractivity contribution in [2.45, 2.75) is 20.0 Å². The molecule has 0 spiro atoms. The van der Waals surface area contributed by atoms with E-state index in [0.717, 1.165) is 33.8 Å². The van der Waals surface area contributed by atoms with Gasteiger partial charge in [-0.05, 0) is 37.7 Å². The largest absolute Gasteiger partial charge is 1.00 e. The van der Waals surface area contributed by atoms with Crippen LogP contribution in [0.5, 0.6) is 5.75 Å². The Hall–Kier alpha value is -2.66. The third-order valence-corrected chi connectivity index (χ3v) is 4.46. The van der Waals surface area contributed by atoms with Crippen LogP contribution in [0, 0.1) is 6.92 Å². The fraction of sp³-hybridized carbons (Fsp3) is 0.200. The van der Waals surface area contributed by atoms with Crippen molar-refractivity contribution in [1.82, 2.24) is 9.78 Å². The molecule has 3 aromatic rings. The highest BCUT2D eigenvalue weighted by atomic mass is 28.3. The number of hydrogen-bond donors (Lipinski definition) is 0. The highest BCUT2D eigenvalue weighted by molar-refractivity contribution is 6.49. The molecule has 0 unspecified atom stereocenters. The molecule has 5 heteroatoms. The number of nitrogens with zero attached hydrogens (tertiary/aromatic N) is 3. The van der Waals surface area contributed by atoms with Gasteiger partial charge >= 0.3 is 1.43 Å². The van der Waals surface area contributed by atoms with Crippen molar-refractivity contribution in [3.05, 3.63) is 77.6 Å². The Bertz CT molecular complexity index is 891. The van der Waals surface area contributed by atoms with E-state index in [1.165, 1.54) is 0 Å². The van der Waals surface area contributed by atoms with Gasteiger partial charge in [0.1, 0.15) is 11.4 Å². The molecule has 0 radical (unpaired) electrons. The van der Waals surface area contributed by atoms with Gasteiger partial charge in [-0.1, -0.05) is 36.4 Å². The molecule has 0 saturated carbocycles. The van der Waals surface area contributed by atoms with Crippen molar-refractivity contribution >= 4 is 20.4 Å². The number of rotatable bonds is 5. The van der Waals surface area contributed by atoms with E-state index >= 15 is 0 Å². The van der Waals surface area contributed by atoms with E-state index in [-0.39, 0.29) is 1.43 Å². The Kier molecular flexibility index (Phi) is 5.14. The Morgan fingerprint density at radius 1 is 1.12 bits per heavy atom. The van der Waals surface area contributed by atoms with E-state index in [9.17, 15) is 0 Å². The molecule has 0 N–H and O–H groups in total. The molecule has 0 aliphatic rings. The maximum absolute atomic E-state index is 6.09. The van der Waals surface area contributed by atoms with Crippen molar-refractivity contribution in [3.63, 3.8) is 0 Å². The molecular weight excluding hydrogens is 326 g/mol. The predicted octanol–water partition coefficient (Wildman–Crippen LogP) is 4.37. The summed E-state index contributed by atoms with van der Waals surface area (Å²) in [5.41, 5.74) is 4.97. The fourth-order valence-corrected chi connectivity index (χ4v) is 3.33. The summed E-state index contributed by atoms with van der Waals surface area (Å²) in [6.45, 7) is 6.39. The standard InChI is InChI=1S/C20H23N3OSi/c1-15-10-11-19(24-25(3)4)18(12-15)22-20(16-8-6-5-7-9-16)17-13-21-23(2)14-17/h5-14,25H,1-4H3/p+1. The third kappa shape index (κ3) is 4.25. The molecule has 0 amide bonds. The van der Waals surface area contributed by atoms with Gasteiger partial charge in [0.15, 0.2) is 0 Å². The molecule has 0 saturated heterocycles. The van der Waals surface area contributed by atoms with Crippen LogP contribution in [0.1, 0.15) is 18.1 Å². The van der Waals surface area contributed by atoms with Gasteiger partial charge in [0.2, 0.25) is 9.04 Å². The molecule has 0 aliphatic carbocycles. The quantitative estimate of drug-likeness (QED) is 0.506. The normalized spacial score (nSPS) is 11.8. The molecular formula is C20H24N3OSi+. The Balaban J connectivity index is 0.00000243. The van der Waals surface area contributed by atoms with Crippen LogP contribution in [-0.4, -0.2) is 24.5 Å². The molecule has 0 aliphatic heterocycles. The highest BCUT2D eigenvalue weighted by Gasteiger charge is 2.12. The minimum Gasteiger partial charge on any atom is -0.546 e. The minimum absolute atomic E-state index is 0. The molecule has 0 fully saturated rings. The van der Waals surface area contributed by atoms with Crippen molar-refractivity contribution in [2.75, 3.05) is 0 Å². The number of benzene rings is 2. The molecule has 128 valence electrons. The Morgan fingerprint density at radius 3 is 2.52 bits per heavy atom. The summed E-state index contributed by atoms with van der Waals surface area (Å²) in [5.74, 6) is 0.851. The second kappa shape index (κ2) is 7.48. The van der Waals surface area contributed by atoms with Gasteiger partial charge in [-0.15, -0.1) is 0 Å². The molecule has 3 rings (SSSR count). The number of aromatic nitrogens is 2. The van der Waals surface area contributed by atoms with Gasteiger partial charge in [0, 0.05) is 24.4 Å².